The van der Waals surface area contributed by atoms with E-state index >= 15 is 0 Å². The molecule has 102 valence electrons. The summed E-state index contributed by atoms with van der Waals surface area (Å²) in [6.45, 7) is 9.31. The van der Waals surface area contributed by atoms with Gasteiger partial charge >= 0.3 is 0 Å². The van der Waals surface area contributed by atoms with E-state index in [-0.39, 0.29) is 11.2 Å². The van der Waals surface area contributed by atoms with Crippen LogP contribution < -0.4 is 0 Å². The molecule has 0 aromatic rings. The van der Waals surface area contributed by atoms with Crippen LogP contribution in [0.1, 0.15) is 72.6 Å². The lowest BCUT2D eigenvalue weighted by Crippen LogP contribution is -2.45. The SMILES string of the molecule is CCCC1=C(C)CCC2CCC3CC12OC3(C)C. The van der Waals surface area contributed by atoms with E-state index in [2.05, 4.69) is 27.7 Å². The highest BCUT2D eigenvalue weighted by atomic mass is 16.5. The van der Waals surface area contributed by atoms with Crippen LogP contribution in [0.5, 0.6) is 0 Å². The van der Waals surface area contributed by atoms with Crippen molar-refractivity contribution in [1.29, 1.82) is 0 Å². The first-order valence-corrected chi connectivity index (χ1v) is 7.89. The molecular weight excluding hydrogens is 220 g/mol. The zero-order valence-corrected chi connectivity index (χ0v) is 12.5. The van der Waals surface area contributed by atoms with Gasteiger partial charge < -0.3 is 4.74 Å². The van der Waals surface area contributed by atoms with Crippen molar-refractivity contribution >= 4 is 0 Å². The summed E-state index contributed by atoms with van der Waals surface area (Å²) in [4.78, 5) is 0. The Labute approximate surface area is 112 Å². The number of allylic oxidation sites excluding steroid dienone is 1. The molecule has 2 bridgehead atoms. The third-order valence-electron chi connectivity index (χ3n) is 5.89. The van der Waals surface area contributed by atoms with E-state index in [1.54, 1.807) is 11.1 Å². The monoisotopic (exact) mass is 248 g/mol. The first kappa shape index (κ1) is 12.7. The number of ether oxygens (including phenoxy) is 1. The summed E-state index contributed by atoms with van der Waals surface area (Å²) in [5.41, 5.74) is 3.58. The topological polar surface area (TPSA) is 9.23 Å². The van der Waals surface area contributed by atoms with E-state index in [4.69, 9.17) is 4.74 Å². The molecule has 3 rings (SSSR count). The lowest BCUT2D eigenvalue weighted by Gasteiger charge is -2.46. The first-order chi connectivity index (χ1) is 8.49. The van der Waals surface area contributed by atoms with Crippen molar-refractivity contribution in [2.45, 2.75) is 83.8 Å². The molecule has 0 N–H and O–H groups in total. The van der Waals surface area contributed by atoms with Gasteiger partial charge in [-0.25, -0.2) is 0 Å². The van der Waals surface area contributed by atoms with Gasteiger partial charge in [-0.05, 0) is 76.7 Å². The predicted molar refractivity (Wildman–Crippen MR) is 75.6 cm³/mol. The van der Waals surface area contributed by atoms with E-state index in [9.17, 15) is 0 Å². The van der Waals surface area contributed by atoms with Crippen LogP contribution in [0.4, 0.5) is 0 Å². The number of hydrogen-bond donors (Lipinski definition) is 0. The summed E-state index contributed by atoms with van der Waals surface area (Å²) in [6.07, 6.45) is 9.28. The summed E-state index contributed by atoms with van der Waals surface area (Å²) in [6, 6.07) is 0. The maximum atomic E-state index is 6.74. The molecule has 3 unspecified atom stereocenters. The van der Waals surface area contributed by atoms with Crippen molar-refractivity contribution in [3.63, 3.8) is 0 Å². The minimum Gasteiger partial charge on any atom is -0.364 e. The molecule has 1 nitrogen and oxygen atoms in total. The summed E-state index contributed by atoms with van der Waals surface area (Å²) in [5.74, 6) is 1.59. The number of rotatable bonds is 2. The van der Waals surface area contributed by atoms with Crippen LogP contribution in [0.3, 0.4) is 0 Å². The largest absolute Gasteiger partial charge is 0.364 e. The second kappa shape index (κ2) is 4.10. The van der Waals surface area contributed by atoms with Gasteiger partial charge in [0.25, 0.3) is 0 Å². The number of hydrogen-bond acceptors (Lipinski definition) is 1. The maximum Gasteiger partial charge on any atom is 0.0933 e. The van der Waals surface area contributed by atoms with Gasteiger partial charge in [0.15, 0.2) is 0 Å². The minimum atomic E-state index is 0.103. The number of fused-ring (bicyclic) bond motifs is 1. The fourth-order valence-corrected chi connectivity index (χ4v) is 4.93. The average Bonchev–Trinajstić information content (AvgIpc) is 2.52. The second-order valence-corrected chi connectivity index (χ2v) is 7.32. The van der Waals surface area contributed by atoms with E-state index in [0.717, 1.165) is 11.8 Å². The minimum absolute atomic E-state index is 0.103. The summed E-state index contributed by atoms with van der Waals surface area (Å²) < 4.78 is 6.74. The van der Waals surface area contributed by atoms with Crippen molar-refractivity contribution in [2.75, 3.05) is 0 Å². The summed E-state index contributed by atoms with van der Waals surface area (Å²) in [5, 5.41) is 0. The Hall–Kier alpha value is -0.300. The Kier molecular flexibility index (Phi) is 2.89. The van der Waals surface area contributed by atoms with Gasteiger partial charge in [-0.2, -0.15) is 0 Å². The molecule has 18 heavy (non-hydrogen) atoms. The van der Waals surface area contributed by atoms with Gasteiger partial charge in [0.1, 0.15) is 0 Å². The van der Waals surface area contributed by atoms with Crippen molar-refractivity contribution in [3.05, 3.63) is 11.1 Å². The molecule has 0 aromatic carbocycles. The maximum absolute atomic E-state index is 6.74. The molecule has 1 aliphatic heterocycles. The normalized spacial score (nSPS) is 42.0. The zero-order valence-electron chi connectivity index (χ0n) is 12.5. The molecule has 1 heteroatoms. The third-order valence-corrected chi connectivity index (χ3v) is 5.89. The molecule has 0 aromatic heterocycles. The average molecular weight is 248 g/mol. The van der Waals surface area contributed by atoms with Crippen LogP contribution in [-0.2, 0) is 4.74 Å². The smallest absolute Gasteiger partial charge is 0.0933 e. The molecule has 1 saturated heterocycles. The molecule has 3 aliphatic rings. The van der Waals surface area contributed by atoms with Crippen molar-refractivity contribution in [1.82, 2.24) is 0 Å². The summed E-state index contributed by atoms with van der Waals surface area (Å²) in [7, 11) is 0. The quantitative estimate of drug-likeness (QED) is 0.634. The van der Waals surface area contributed by atoms with Gasteiger partial charge in [-0.3, -0.25) is 0 Å². The highest BCUT2D eigenvalue weighted by Crippen LogP contribution is 2.60. The van der Waals surface area contributed by atoms with E-state index < -0.39 is 0 Å². The van der Waals surface area contributed by atoms with Crippen LogP contribution in [0.2, 0.25) is 0 Å². The van der Waals surface area contributed by atoms with E-state index in [1.165, 1.54) is 44.9 Å². The molecular formula is C17H28O. The molecule has 1 spiro atoms. The fraction of sp³-hybridized carbons (Fsp3) is 0.882. The van der Waals surface area contributed by atoms with E-state index in [1.807, 2.05) is 0 Å². The van der Waals surface area contributed by atoms with Gasteiger partial charge in [0, 0.05) is 0 Å². The fourth-order valence-electron chi connectivity index (χ4n) is 4.93. The molecule has 3 atom stereocenters. The highest BCUT2D eigenvalue weighted by molar-refractivity contribution is 5.32. The Balaban J connectivity index is 2.03. The molecule has 1 heterocycles. The van der Waals surface area contributed by atoms with Gasteiger partial charge in [0.2, 0.25) is 0 Å². The van der Waals surface area contributed by atoms with Crippen molar-refractivity contribution < 1.29 is 4.74 Å². The van der Waals surface area contributed by atoms with Gasteiger partial charge in [-0.1, -0.05) is 18.9 Å². The molecule has 0 radical (unpaired) electrons. The van der Waals surface area contributed by atoms with Crippen molar-refractivity contribution in [2.24, 2.45) is 11.8 Å². The Morgan fingerprint density at radius 1 is 1.17 bits per heavy atom. The predicted octanol–water partition coefficient (Wildman–Crippen LogP) is 4.86. The highest BCUT2D eigenvalue weighted by Gasteiger charge is 2.59. The Morgan fingerprint density at radius 3 is 2.61 bits per heavy atom. The lowest BCUT2D eigenvalue weighted by molar-refractivity contribution is -0.0987. The van der Waals surface area contributed by atoms with Crippen LogP contribution in [0.15, 0.2) is 11.1 Å². The van der Waals surface area contributed by atoms with Crippen LogP contribution in [0.25, 0.3) is 0 Å². The van der Waals surface area contributed by atoms with Gasteiger partial charge in [0.05, 0.1) is 11.2 Å². The first-order valence-electron chi connectivity index (χ1n) is 7.89. The lowest BCUT2D eigenvalue weighted by atomic mass is 9.62. The Bertz CT molecular complexity index is 379. The standard InChI is InChI=1S/C17H28O/c1-5-6-15-12(2)7-8-13-9-10-14-11-17(13,15)18-16(14,3)4/h13-14H,5-11H2,1-4H3. The van der Waals surface area contributed by atoms with Crippen molar-refractivity contribution in [3.8, 4) is 0 Å². The second-order valence-electron chi connectivity index (χ2n) is 7.32. The van der Waals surface area contributed by atoms with Crippen LogP contribution in [-0.4, -0.2) is 11.2 Å². The summed E-state index contributed by atoms with van der Waals surface area (Å²) >= 11 is 0. The van der Waals surface area contributed by atoms with Gasteiger partial charge in [-0.15, -0.1) is 0 Å². The molecule has 1 saturated carbocycles. The molecule has 2 aliphatic carbocycles. The third kappa shape index (κ3) is 1.62. The molecule has 0 amide bonds. The zero-order chi connectivity index (χ0) is 13.0. The van der Waals surface area contributed by atoms with Crippen LogP contribution >= 0.6 is 0 Å². The Morgan fingerprint density at radius 2 is 1.89 bits per heavy atom. The van der Waals surface area contributed by atoms with E-state index in [0.29, 0.717) is 0 Å². The van der Waals surface area contributed by atoms with Crippen LogP contribution in [0, 0.1) is 11.8 Å². The molecule has 2 fully saturated rings.